The van der Waals surface area contributed by atoms with Crippen LogP contribution in [0.25, 0.3) is 0 Å². The van der Waals surface area contributed by atoms with Gasteiger partial charge in [-0.2, -0.15) is 0 Å². The second-order valence-corrected chi connectivity index (χ2v) is 4.83. The first-order valence-electron chi connectivity index (χ1n) is 6.64. The van der Waals surface area contributed by atoms with Crippen molar-refractivity contribution in [3.63, 3.8) is 0 Å². The van der Waals surface area contributed by atoms with E-state index in [1.54, 1.807) is 0 Å². The van der Waals surface area contributed by atoms with Gasteiger partial charge in [-0.05, 0) is 4.92 Å². The van der Waals surface area contributed by atoms with Crippen LogP contribution < -0.4 is 0 Å². The summed E-state index contributed by atoms with van der Waals surface area (Å²) in [7, 11) is 0. The van der Waals surface area contributed by atoms with Gasteiger partial charge in [-0.3, -0.25) is 9.59 Å². The van der Waals surface area contributed by atoms with Crippen LogP contribution in [0.4, 0.5) is 5.95 Å². The highest BCUT2D eigenvalue weighted by atomic mass is 16.6. The van der Waals surface area contributed by atoms with E-state index < -0.39 is 53.8 Å². The number of imidazole rings is 1. The van der Waals surface area contributed by atoms with Gasteiger partial charge in [0.2, 0.25) is 0 Å². The van der Waals surface area contributed by atoms with Crippen LogP contribution >= 0.6 is 0 Å². The Hall–Kier alpha value is -2.53. The molecule has 23 heavy (non-hydrogen) atoms. The van der Waals surface area contributed by atoms with E-state index in [1.165, 1.54) is 6.20 Å². The third-order valence-corrected chi connectivity index (χ3v) is 3.14. The topological polar surface area (TPSA) is 154 Å². The molecule has 0 unspecified atom stereocenters. The highest BCUT2D eigenvalue weighted by molar-refractivity contribution is 5.67. The maximum absolute atomic E-state index is 11.3. The van der Waals surface area contributed by atoms with Crippen LogP contribution in [0.1, 0.15) is 25.6 Å². The average molecular weight is 329 g/mol. The number of esters is 2. The van der Waals surface area contributed by atoms with Gasteiger partial charge in [-0.15, -0.1) is 0 Å². The number of ether oxygens (including phenoxy) is 3. The molecule has 0 saturated carbocycles. The zero-order valence-corrected chi connectivity index (χ0v) is 12.3. The molecule has 2 rings (SSSR count). The number of nitrogens with one attached hydrogen (secondary N) is 1. The first kappa shape index (κ1) is 16.8. The normalized spacial score (nSPS) is 26.7. The third-order valence-electron chi connectivity index (χ3n) is 3.14. The number of aromatic nitrogens is 2. The molecule has 11 heteroatoms. The predicted molar refractivity (Wildman–Crippen MR) is 71.0 cm³/mol. The molecule has 126 valence electrons. The van der Waals surface area contributed by atoms with Gasteiger partial charge < -0.3 is 29.4 Å². The Bertz CT molecular complexity index is 615. The van der Waals surface area contributed by atoms with Gasteiger partial charge in [0.1, 0.15) is 12.3 Å². The zero-order chi connectivity index (χ0) is 17.1. The summed E-state index contributed by atoms with van der Waals surface area (Å²) in [6, 6.07) is 0. The Morgan fingerprint density at radius 1 is 1.39 bits per heavy atom. The summed E-state index contributed by atoms with van der Waals surface area (Å²) < 4.78 is 15.7. The minimum absolute atomic E-state index is 0.0936. The van der Waals surface area contributed by atoms with Crippen LogP contribution in [0, 0.1) is 10.1 Å². The van der Waals surface area contributed by atoms with Crippen LogP contribution in [-0.4, -0.2) is 56.9 Å². The Kier molecular flexibility index (Phi) is 4.91. The number of aromatic amines is 1. The van der Waals surface area contributed by atoms with Gasteiger partial charge in [0, 0.05) is 13.8 Å². The lowest BCUT2D eigenvalue weighted by Crippen LogP contribution is -2.39. The number of carbonyl (C=O) groups excluding carboxylic acids is 2. The van der Waals surface area contributed by atoms with Crippen LogP contribution in [0.3, 0.4) is 0 Å². The zero-order valence-electron chi connectivity index (χ0n) is 12.3. The van der Waals surface area contributed by atoms with E-state index in [0.29, 0.717) is 0 Å². The molecule has 1 aliphatic heterocycles. The number of hydrogen-bond donors (Lipinski definition) is 2. The van der Waals surface area contributed by atoms with Crippen LogP contribution in [0.5, 0.6) is 0 Å². The number of H-pyrrole nitrogens is 1. The quantitative estimate of drug-likeness (QED) is 0.417. The summed E-state index contributed by atoms with van der Waals surface area (Å²) in [5.74, 6) is -1.83. The molecule has 11 nitrogen and oxygen atoms in total. The molecule has 0 spiro atoms. The van der Waals surface area contributed by atoms with Crippen molar-refractivity contribution in [2.75, 3.05) is 6.61 Å². The summed E-state index contributed by atoms with van der Waals surface area (Å²) in [4.78, 5) is 38.6. The molecule has 1 aromatic rings. The van der Waals surface area contributed by atoms with Gasteiger partial charge in [0.15, 0.2) is 24.0 Å². The van der Waals surface area contributed by atoms with Crippen LogP contribution in [-0.2, 0) is 23.8 Å². The van der Waals surface area contributed by atoms with Gasteiger partial charge in [-0.1, -0.05) is 4.98 Å². The van der Waals surface area contributed by atoms with E-state index in [2.05, 4.69) is 9.97 Å². The van der Waals surface area contributed by atoms with Gasteiger partial charge in [0.25, 0.3) is 0 Å². The van der Waals surface area contributed by atoms with E-state index in [9.17, 15) is 24.8 Å². The molecular weight excluding hydrogens is 314 g/mol. The van der Waals surface area contributed by atoms with Crippen molar-refractivity contribution in [3.05, 3.63) is 22.0 Å². The van der Waals surface area contributed by atoms with Crippen molar-refractivity contribution in [2.45, 2.75) is 38.3 Å². The molecule has 1 fully saturated rings. The first-order chi connectivity index (χ1) is 10.8. The molecule has 0 aliphatic carbocycles. The summed E-state index contributed by atoms with van der Waals surface area (Å²) in [6.07, 6.45) is -2.89. The lowest BCUT2D eigenvalue weighted by Gasteiger charge is -2.21. The minimum atomic E-state index is -1.09. The van der Waals surface area contributed by atoms with Crippen molar-refractivity contribution < 1.29 is 33.8 Å². The molecular formula is C12H15N3O8. The summed E-state index contributed by atoms with van der Waals surface area (Å²) in [5.41, 5.74) is 0.0936. The number of aliphatic hydroxyl groups excluding tert-OH is 1. The number of aliphatic hydroxyl groups is 1. The molecule has 1 aliphatic rings. The highest BCUT2D eigenvalue weighted by Crippen LogP contribution is 2.37. The Morgan fingerprint density at radius 2 is 2.00 bits per heavy atom. The van der Waals surface area contributed by atoms with Crippen molar-refractivity contribution in [3.8, 4) is 0 Å². The fourth-order valence-electron chi connectivity index (χ4n) is 2.33. The number of hydrogen-bond acceptors (Lipinski definition) is 9. The Balaban J connectivity index is 2.33. The highest BCUT2D eigenvalue weighted by Gasteiger charge is 2.51. The molecule has 2 heterocycles. The smallest absolute Gasteiger partial charge is 0.432 e. The van der Waals surface area contributed by atoms with E-state index in [0.717, 1.165) is 13.8 Å². The average Bonchev–Trinajstić information content (AvgIpc) is 3.04. The first-order valence-corrected chi connectivity index (χ1v) is 6.64. The largest absolute Gasteiger partial charge is 0.456 e. The standard InChI is InChI=1S/C12H15N3O8/c1-5(17)21-10-8(4-16)23-9(11(10)22-6(2)18)7-3-13-12(14-7)15(19)20/h3,8-11,16H,4H2,1-2H3,(H,13,14)/t8-,9+,10-,11+/m1/s1. The third kappa shape index (κ3) is 3.63. The molecule has 0 bridgehead atoms. The molecule has 0 amide bonds. The SMILES string of the molecule is CC(=O)O[C@@H]1[C@H](OC(C)=O)[C@@H](CO)O[C@H]1c1c[nH]c([N+](=O)[O-])n1. The molecule has 2 N–H and O–H groups in total. The van der Waals surface area contributed by atoms with E-state index in [4.69, 9.17) is 14.2 Å². The predicted octanol–water partition coefficient (Wildman–Crippen LogP) is -0.387. The maximum Gasteiger partial charge on any atom is 0.432 e. The molecule has 0 aromatic carbocycles. The van der Waals surface area contributed by atoms with E-state index in [1.807, 2.05) is 0 Å². The van der Waals surface area contributed by atoms with Crippen molar-refractivity contribution >= 4 is 17.9 Å². The molecule has 1 aromatic heterocycles. The summed E-state index contributed by atoms with van der Waals surface area (Å²) >= 11 is 0. The van der Waals surface area contributed by atoms with Crippen molar-refractivity contribution in [2.24, 2.45) is 0 Å². The van der Waals surface area contributed by atoms with Gasteiger partial charge in [-0.25, -0.2) is 4.98 Å². The molecule has 1 saturated heterocycles. The number of nitro groups is 1. The summed E-state index contributed by atoms with van der Waals surface area (Å²) in [5, 5.41) is 20.1. The molecule has 0 radical (unpaired) electrons. The number of carbonyl (C=O) groups is 2. The minimum Gasteiger partial charge on any atom is -0.456 e. The lowest BCUT2D eigenvalue weighted by atomic mass is 10.1. The maximum atomic E-state index is 11.3. The number of rotatable bonds is 5. The van der Waals surface area contributed by atoms with Crippen molar-refractivity contribution in [1.29, 1.82) is 0 Å². The molecule has 4 atom stereocenters. The Labute approximate surface area is 129 Å². The summed E-state index contributed by atoms with van der Waals surface area (Å²) in [6.45, 7) is 1.81. The van der Waals surface area contributed by atoms with Gasteiger partial charge >= 0.3 is 17.9 Å². The van der Waals surface area contributed by atoms with Crippen LogP contribution in [0.15, 0.2) is 6.20 Å². The number of nitrogens with zero attached hydrogens (tertiary/aromatic N) is 2. The van der Waals surface area contributed by atoms with Crippen LogP contribution in [0.2, 0.25) is 0 Å². The lowest BCUT2D eigenvalue weighted by molar-refractivity contribution is -0.393. The second kappa shape index (κ2) is 6.71. The monoisotopic (exact) mass is 329 g/mol. The van der Waals surface area contributed by atoms with E-state index in [-0.39, 0.29) is 5.69 Å². The Morgan fingerprint density at radius 3 is 2.48 bits per heavy atom. The fourth-order valence-corrected chi connectivity index (χ4v) is 2.33. The van der Waals surface area contributed by atoms with E-state index >= 15 is 0 Å². The fraction of sp³-hybridized carbons (Fsp3) is 0.583. The van der Waals surface area contributed by atoms with Gasteiger partial charge in [0.05, 0.1) is 6.61 Å². The van der Waals surface area contributed by atoms with Crippen molar-refractivity contribution in [1.82, 2.24) is 9.97 Å². The second-order valence-electron chi connectivity index (χ2n) is 4.83.